The zero-order chi connectivity index (χ0) is 7.86. The van der Waals surface area contributed by atoms with Crippen molar-refractivity contribution in [3.63, 3.8) is 0 Å². The maximum Gasteiger partial charge on any atom is 0.403 e. The lowest BCUT2D eigenvalue weighted by Crippen LogP contribution is -1.80. The fourth-order valence-electron chi connectivity index (χ4n) is 0. The van der Waals surface area contributed by atoms with Crippen LogP contribution in [0.25, 0.3) is 0 Å². The summed E-state index contributed by atoms with van der Waals surface area (Å²) in [6.45, 7) is 0. The van der Waals surface area contributed by atoms with Gasteiger partial charge in [0.15, 0.2) is 4.30 Å². The largest absolute Gasteiger partial charge is 0.457 e. The first-order valence-electron chi connectivity index (χ1n) is 1.66. The molecule has 0 bridgehead atoms. The summed E-state index contributed by atoms with van der Waals surface area (Å²) in [7, 11) is 1.22. The molecule has 6 heteroatoms. The molecule has 0 radical (unpaired) electrons. The van der Waals surface area contributed by atoms with Crippen LogP contribution in [0.2, 0.25) is 0 Å². The van der Waals surface area contributed by atoms with Gasteiger partial charge in [-0.25, -0.2) is 4.79 Å². The number of alkyl halides is 3. The molecular formula is C3H4Cl4O2. The first-order valence-corrected chi connectivity index (χ1v) is 3.35. The highest BCUT2D eigenvalue weighted by atomic mass is 35.6. The molecule has 0 unspecified atom stereocenters. The second-order valence-corrected chi connectivity index (χ2v) is 2.98. The summed E-state index contributed by atoms with van der Waals surface area (Å²) in [5.41, 5.74) is -0.773. The van der Waals surface area contributed by atoms with E-state index in [2.05, 4.69) is 16.3 Å². The van der Waals surface area contributed by atoms with Gasteiger partial charge in [0.25, 0.3) is 0 Å². The van der Waals surface area contributed by atoms with Crippen LogP contribution in [0.3, 0.4) is 0 Å². The number of methoxy groups -OCH3 is 1. The molecule has 0 spiro atoms. The summed E-state index contributed by atoms with van der Waals surface area (Å²) >= 11 is 19.0. The van der Waals surface area contributed by atoms with Gasteiger partial charge in [-0.3, -0.25) is 0 Å². The minimum absolute atomic E-state index is 0.750. The van der Waals surface area contributed by atoms with Gasteiger partial charge in [-0.05, 0) is 0 Å². The molecule has 0 aromatic rings. The van der Waals surface area contributed by atoms with Crippen molar-refractivity contribution in [2.75, 3.05) is 7.11 Å². The molecule has 0 saturated heterocycles. The van der Waals surface area contributed by atoms with E-state index in [-0.39, 0.29) is 0 Å². The molecule has 0 fully saturated rings. The number of halogens is 4. The topological polar surface area (TPSA) is 26.3 Å². The van der Waals surface area contributed by atoms with Crippen LogP contribution in [-0.2, 0) is 4.74 Å². The van der Waals surface area contributed by atoms with E-state index in [1.54, 1.807) is 0 Å². The van der Waals surface area contributed by atoms with Gasteiger partial charge < -0.3 is 4.74 Å². The monoisotopic (exact) mass is 212 g/mol. The molecule has 0 rings (SSSR count). The van der Waals surface area contributed by atoms with Crippen LogP contribution in [0.5, 0.6) is 0 Å². The van der Waals surface area contributed by atoms with Crippen LogP contribution < -0.4 is 0 Å². The number of carbonyl (C=O) groups is 1. The molecule has 0 heterocycles. The fraction of sp³-hybridized carbons (Fsp3) is 0.667. The SMILES string of the molecule is COC(=O)Cl.ClC(Cl)Cl. The van der Waals surface area contributed by atoms with Crippen LogP contribution in [-0.4, -0.2) is 16.8 Å². The van der Waals surface area contributed by atoms with Gasteiger partial charge in [-0.2, -0.15) is 0 Å². The third-order valence-electron chi connectivity index (χ3n) is 0.160. The maximum absolute atomic E-state index is 9.36. The van der Waals surface area contributed by atoms with E-state index in [4.69, 9.17) is 34.8 Å². The highest BCUT2D eigenvalue weighted by Gasteiger charge is 1.80. The molecule has 0 N–H and O–H groups in total. The van der Waals surface area contributed by atoms with Crippen LogP contribution >= 0.6 is 46.4 Å². The smallest absolute Gasteiger partial charge is 0.403 e. The summed E-state index contributed by atoms with van der Waals surface area (Å²) < 4.78 is 3.13. The minimum atomic E-state index is -0.773. The van der Waals surface area contributed by atoms with Crippen LogP contribution in [0.1, 0.15) is 0 Å². The third kappa shape index (κ3) is 54.8. The zero-order valence-electron chi connectivity index (χ0n) is 4.41. The number of carbonyl (C=O) groups excluding carboxylic acids is 1. The molecule has 9 heavy (non-hydrogen) atoms. The predicted octanol–water partition coefficient (Wildman–Crippen LogP) is 2.98. The first-order chi connectivity index (χ1) is 4.00. The third-order valence-corrected chi connectivity index (χ3v) is 0.315. The lowest BCUT2D eigenvalue weighted by Gasteiger charge is -1.77. The molecule has 0 aliphatic carbocycles. The van der Waals surface area contributed by atoms with Gasteiger partial charge in [0.05, 0.1) is 7.11 Å². The highest BCUT2D eigenvalue weighted by Crippen LogP contribution is 2.03. The second-order valence-electron chi connectivity index (χ2n) is 0.689. The lowest BCUT2D eigenvalue weighted by atomic mass is 11.5. The summed E-state index contributed by atoms with van der Waals surface area (Å²) in [6.07, 6.45) is 0. The molecule has 56 valence electrons. The summed E-state index contributed by atoms with van der Waals surface area (Å²) in [6, 6.07) is 0. The Morgan fingerprint density at radius 1 is 1.44 bits per heavy atom. The molecule has 0 aliphatic heterocycles. The molecule has 0 aromatic carbocycles. The van der Waals surface area contributed by atoms with Crippen molar-refractivity contribution in [2.45, 2.75) is 4.30 Å². The Morgan fingerprint density at radius 2 is 1.56 bits per heavy atom. The highest BCUT2D eigenvalue weighted by molar-refractivity contribution is 6.63. The molecule has 0 aromatic heterocycles. The van der Waals surface area contributed by atoms with E-state index in [0.717, 1.165) is 0 Å². The Morgan fingerprint density at radius 3 is 1.56 bits per heavy atom. The Balaban J connectivity index is 0. The molecule has 2 nitrogen and oxygen atoms in total. The first kappa shape index (κ1) is 12.3. The van der Waals surface area contributed by atoms with Crippen molar-refractivity contribution < 1.29 is 9.53 Å². The van der Waals surface area contributed by atoms with Crippen LogP contribution in [0, 0.1) is 0 Å². The quantitative estimate of drug-likeness (QED) is 0.457. The molecule has 0 saturated carbocycles. The van der Waals surface area contributed by atoms with Gasteiger partial charge in [0.2, 0.25) is 0 Å². The van der Waals surface area contributed by atoms with Crippen molar-refractivity contribution in [3.05, 3.63) is 0 Å². The van der Waals surface area contributed by atoms with Crippen LogP contribution in [0.15, 0.2) is 0 Å². The fourth-order valence-corrected chi connectivity index (χ4v) is 0. The van der Waals surface area contributed by atoms with Crippen LogP contribution in [0.4, 0.5) is 4.79 Å². The Kier molecular flexibility index (Phi) is 11.8. The van der Waals surface area contributed by atoms with Gasteiger partial charge in [0.1, 0.15) is 0 Å². The molecular weight excluding hydrogens is 210 g/mol. The normalized spacial score (nSPS) is 7.78. The van der Waals surface area contributed by atoms with Gasteiger partial charge in [-0.1, -0.05) is 34.8 Å². The Labute approximate surface area is 73.0 Å². The van der Waals surface area contributed by atoms with E-state index >= 15 is 0 Å². The summed E-state index contributed by atoms with van der Waals surface area (Å²) in [4.78, 5) is 9.36. The van der Waals surface area contributed by atoms with E-state index in [1.165, 1.54) is 7.11 Å². The van der Waals surface area contributed by atoms with Gasteiger partial charge in [-0.15, -0.1) is 0 Å². The maximum atomic E-state index is 9.36. The van der Waals surface area contributed by atoms with Crippen molar-refractivity contribution in [3.8, 4) is 0 Å². The summed E-state index contributed by atoms with van der Waals surface area (Å²) in [5, 5.41) is 0. The molecule has 0 aliphatic rings. The number of ether oxygens (including phenoxy) is 1. The molecule has 0 atom stereocenters. The van der Waals surface area contributed by atoms with Gasteiger partial charge in [0, 0.05) is 11.6 Å². The van der Waals surface area contributed by atoms with E-state index < -0.39 is 9.72 Å². The summed E-state index contributed by atoms with van der Waals surface area (Å²) in [5.74, 6) is 0. The minimum Gasteiger partial charge on any atom is -0.457 e. The Bertz CT molecular complexity index is 71.5. The van der Waals surface area contributed by atoms with E-state index in [0.29, 0.717) is 0 Å². The second kappa shape index (κ2) is 8.63. The van der Waals surface area contributed by atoms with E-state index in [9.17, 15) is 4.79 Å². The predicted molar refractivity (Wildman–Crippen MR) is 39.6 cm³/mol. The average Bonchev–Trinajstić information content (AvgIpc) is 1.65. The van der Waals surface area contributed by atoms with Crippen molar-refractivity contribution in [1.29, 1.82) is 0 Å². The van der Waals surface area contributed by atoms with Crippen molar-refractivity contribution >= 4 is 51.8 Å². The van der Waals surface area contributed by atoms with Gasteiger partial charge >= 0.3 is 5.43 Å². The number of rotatable bonds is 0. The van der Waals surface area contributed by atoms with Crippen molar-refractivity contribution in [2.24, 2.45) is 0 Å². The standard InChI is InChI=1S/C2H3ClO2.CHCl3/c1-5-2(3)4;2-1(3)4/h1H3;1H. The van der Waals surface area contributed by atoms with E-state index in [1.807, 2.05) is 0 Å². The Hall–Kier alpha value is 0.630. The lowest BCUT2D eigenvalue weighted by molar-refractivity contribution is 0.198. The molecule has 0 amide bonds. The zero-order valence-corrected chi connectivity index (χ0v) is 7.43. The average molecular weight is 214 g/mol. The number of hydrogen-bond donors (Lipinski definition) is 0. The number of hydrogen-bond acceptors (Lipinski definition) is 2. The van der Waals surface area contributed by atoms with Crippen molar-refractivity contribution in [1.82, 2.24) is 0 Å².